The van der Waals surface area contributed by atoms with Crippen molar-refractivity contribution in [3.63, 3.8) is 0 Å². The lowest BCUT2D eigenvalue weighted by atomic mass is 9.87. The van der Waals surface area contributed by atoms with Crippen LogP contribution in [0.5, 0.6) is 0 Å². The zero-order valence-corrected chi connectivity index (χ0v) is 23.2. The van der Waals surface area contributed by atoms with E-state index in [0.717, 1.165) is 5.56 Å². The minimum Gasteiger partial charge on any atom is -0.450 e. The lowest BCUT2D eigenvalue weighted by molar-refractivity contribution is -0.114. The molecule has 0 radical (unpaired) electrons. The molecule has 206 valence electrons. The summed E-state index contributed by atoms with van der Waals surface area (Å²) in [5, 5.41) is 5.81. The van der Waals surface area contributed by atoms with Gasteiger partial charge < -0.3 is 24.7 Å². The van der Waals surface area contributed by atoms with E-state index in [-0.39, 0.29) is 35.1 Å². The Bertz CT molecular complexity index is 1310. The Morgan fingerprint density at radius 3 is 2.18 bits per heavy atom. The van der Waals surface area contributed by atoms with Crippen molar-refractivity contribution in [1.82, 2.24) is 15.2 Å². The van der Waals surface area contributed by atoms with Crippen LogP contribution in [-0.4, -0.2) is 53.5 Å². The normalized spacial score (nSPS) is 14.1. The maximum Gasteiger partial charge on any atom is 0.409 e. The van der Waals surface area contributed by atoms with E-state index in [0.29, 0.717) is 55.4 Å². The molecule has 2 heterocycles. The maximum atomic E-state index is 13.5. The number of likely N-dealkylation sites (tertiary alicyclic amines) is 1. The van der Waals surface area contributed by atoms with Gasteiger partial charge in [0.15, 0.2) is 11.5 Å². The van der Waals surface area contributed by atoms with Gasteiger partial charge in [0.05, 0.1) is 6.61 Å². The molecule has 39 heavy (non-hydrogen) atoms. The van der Waals surface area contributed by atoms with Gasteiger partial charge in [-0.25, -0.2) is 9.78 Å². The Kier molecular flexibility index (Phi) is 8.38. The van der Waals surface area contributed by atoms with Crippen LogP contribution in [0.3, 0.4) is 0 Å². The summed E-state index contributed by atoms with van der Waals surface area (Å²) in [6.07, 6.45) is 0.903. The molecular formula is C30H36N4O5. The molecule has 1 aliphatic rings. The fourth-order valence-corrected chi connectivity index (χ4v) is 4.49. The Morgan fingerprint density at radius 1 is 1.00 bits per heavy atom. The molecule has 0 bridgehead atoms. The van der Waals surface area contributed by atoms with Gasteiger partial charge in [0.1, 0.15) is 0 Å². The third-order valence-electron chi connectivity index (χ3n) is 6.66. The zero-order chi connectivity index (χ0) is 28.2. The number of anilines is 1. The molecule has 9 nitrogen and oxygen atoms in total. The second-order valence-corrected chi connectivity index (χ2v) is 10.7. The van der Waals surface area contributed by atoms with Crippen molar-refractivity contribution in [2.24, 2.45) is 0 Å². The number of piperidine rings is 1. The van der Waals surface area contributed by atoms with Crippen LogP contribution in [-0.2, 0) is 14.9 Å². The molecule has 0 saturated carbocycles. The summed E-state index contributed by atoms with van der Waals surface area (Å²) >= 11 is 0. The van der Waals surface area contributed by atoms with Gasteiger partial charge in [0.25, 0.3) is 5.91 Å². The fourth-order valence-electron chi connectivity index (χ4n) is 4.49. The number of hydrogen-bond acceptors (Lipinski definition) is 6. The van der Waals surface area contributed by atoms with Crippen LogP contribution in [0.2, 0.25) is 0 Å². The van der Waals surface area contributed by atoms with Crippen LogP contribution in [0.4, 0.5) is 10.5 Å². The first-order valence-corrected chi connectivity index (χ1v) is 13.3. The molecule has 3 amide bonds. The van der Waals surface area contributed by atoms with Crippen molar-refractivity contribution < 1.29 is 23.5 Å². The molecule has 9 heteroatoms. The highest BCUT2D eigenvalue weighted by Gasteiger charge is 2.28. The van der Waals surface area contributed by atoms with Gasteiger partial charge in [-0.3, -0.25) is 9.59 Å². The quantitative estimate of drug-likeness (QED) is 0.426. The van der Waals surface area contributed by atoms with Gasteiger partial charge in [-0.1, -0.05) is 32.9 Å². The summed E-state index contributed by atoms with van der Waals surface area (Å²) in [6.45, 7) is 11.0. The van der Waals surface area contributed by atoms with Gasteiger partial charge in [-0.15, -0.1) is 0 Å². The summed E-state index contributed by atoms with van der Waals surface area (Å²) in [7, 11) is 0. The lowest BCUT2D eigenvalue weighted by Crippen LogP contribution is -2.46. The van der Waals surface area contributed by atoms with Gasteiger partial charge in [-0.2, -0.15) is 0 Å². The van der Waals surface area contributed by atoms with E-state index in [1.165, 1.54) is 12.5 Å². The molecule has 2 aromatic carbocycles. The van der Waals surface area contributed by atoms with Crippen molar-refractivity contribution in [3.8, 4) is 22.8 Å². The summed E-state index contributed by atoms with van der Waals surface area (Å²) in [4.78, 5) is 43.2. The third-order valence-corrected chi connectivity index (χ3v) is 6.66. The predicted molar refractivity (Wildman–Crippen MR) is 149 cm³/mol. The molecule has 1 fully saturated rings. The molecular weight excluding hydrogens is 496 g/mol. The minimum absolute atomic E-state index is 0.00381. The number of oxazole rings is 1. The van der Waals surface area contributed by atoms with Crippen LogP contribution in [0.25, 0.3) is 22.8 Å². The highest BCUT2D eigenvalue weighted by atomic mass is 16.6. The van der Waals surface area contributed by atoms with E-state index in [1.54, 1.807) is 36.1 Å². The molecule has 4 rings (SSSR count). The number of ether oxygens (including phenoxy) is 1. The first-order valence-electron chi connectivity index (χ1n) is 13.3. The van der Waals surface area contributed by atoms with Gasteiger partial charge in [0.2, 0.25) is 11.8 Å². The minimum atomic E-state index is -0.341. The number of aromatic nitrogens is 1. The molecule has 1 saturated heterocycles. The number of nitrogens with one attached hydrogen (secondary N) is 2. The smallest absolute Gasteiger partial charge is 0.409 e. The Labute approximate surface area is 228 Å². The van der Waals surface area contributed by atoms with Crippen molar-refractivity contribution in [2.45, 2.75) is 58.9 Å². The first kappa shape index (κ1) is 27.9. The SMILES string of the molecule is CCOC(=O)N1CCC(NC(=O)c2nc(-c3ccc(C(C)(C)C)cc3)oc2-c2ccc(NC(C)=O)cc2)CC1. The van der Waals surface area contributed by atoms with E-state index < -0.39 is 0 Å². The van der Waals surface area contributed by atoms with Crippen molar-refractivity contribution in [3.05, 3.63) is 59.8 Å². The Hall–Kier alpha value is -4.14. The Balaban J connectivity index is 1.59. The highest BCUT2D eigenvalue weighted by molar-refractivity contribution is 5.98. The molecule has 0 atom stereocenters. The number of carbonyl (C=O) groups is 3. The Morgan fingerprint density at radius 2 is 1.62 bits per heavy atom. The van der Waals surface area contributed by atoms with Crippen LogP contribution in [0.15, 0.2) is 52.9 Å². The summed E-state index contributed by atoms with van der Waals surface area (Å²) in [5.74, 6) is 0.184. The van der Waals surface area contributed by atoms with Gasteiger partial charge in [0, 0.05) is 42.9 Å². The van der Waals surface area contributed by atoms with Crippen molar-refractivity contribution in [1.29, 1.82) is 0 Å². The molecule has 1 aromatic heterocycles. The number of nitrogens with zero attached hydrogens (tertiary/aromatic N) is 2. The molecule has 0 unspecified atom stereocenters. The third kappa shape index (κ3) is 6.85. The molecule has 0 aliphatic carbocycles. The van der Waals surface area contributed by atoms with Crippen molar-refractivity contribution >= 4 is 23.6 Å². The van der Waals surface area contributed by atoms with E-state index in [1.807, 2.05) is 24.3 Å². The van der Waals surface area contributed by atoms with Crippen molar-refractivity contribution in [2.75, 3.05) is 25.0 Å². The largest absolute Gasteiger partial charge is 0.450 e. The monoisotopic (exact) mass is 532 g/mol. The molecule has 1 aliphatic heterocycles. The summed E-state index contributed by atoms with van der Waals surface area (Å²) in [6, 6.07) is 14.9. The van der Waals surface area contributed by atoms with Crippen LogP contribution >= 0.6 is 0 Å². The molecule has 3 aromatic rings. The lowest BCUT2D eigenvalue weighted by Gasteiger charge is -2.31. The van der Waals surface area contributed by atoms with Crippen LogP contribution in [0.1, 0.15) is 63.5 Å². The molecule has 0 spiro atoms. The standard InChI is InChI=1S/C30H36N4O5/c1-6-38-29(37)34-17-15-24(16-18-34)32-27(36)25-26(20-9-13-23(14-10-20)31-19(2)35)39-28(33-25)21-7-11-22(12-8-21)30(3,4)5/h7-14,24H,6,15-18H2,1-5H3,(H,31,35)(H,32,36). The van der Waals surface area contributed by atoms with E-state index >= 15 is 0 Å². The fraction of sp³-hybridized carbons (Fsp3) is 0.400. The molecule has 2 N–H and O–H groups in total. The second kappa shape index (κ2) is 11.7. The second-order valence-electron chi connectivity index (χ2n) is 10.7. The first-order chi connectivity index (χ1) is 18.5. The topological polar surface area (TPSA) is 114 Å². The van der Waals surface area contributed by atoms with Gasteiger partial charge in [-0.05, 0) is 67.1 Å². The number of benzene rings is 2. The average molecular weight is 533 g/mol. The number of amides is 3. The van der Waals surface area contributed by atoms with E-state index in [4.69, 9.17) is 9.15 Å². The van der Waals surface area contributed by atoms with Crippen LogP contribution in [0, 0.1) is 0 Å². The number of rotatable bonds is 6. The number of hydrogen-bond donors (Lipinski definition) is 2. The van der Waals surface area contributed by atoms with E-state index in [2.05, 4.69) is 36.4 Å². The maximum absolute atomic E-state index is 13.5. The van der Waals surface area contributed by atoms with Gasteiger partial charge >= 0.3 is 6.09 Å². The van der Waals surface area contributed by atoms with Crippen LogP contribution < -0.4 is 10.6 Å². The number of carbonyl (C=O) groups excluding carboxylic acids is 3. The summed E-state index contributed by atoms with van der Waals surface area (Å²) < 4.78 is 11.3. The predicted octanol–water partition coefficient (Wildman–Crippen LogP) is 5.62. The highest BCUT2D eigenvalue weighted by Crippen LogP contribution is 2.32. The summed E-state index contributed by atoms with van der Waals surface area (Å²) in [5.41, 5.74) is 3.44. The average Bonchev–Trinajstić information content (AvgIpc) is 3.35. The zero-order valence-electron chi connectivity index (χ0n) is 23.2. The van der Waals surface area contributed by atoms with E-state index in [9.17, 15) is 14.4 Å².